The van der Waals surface area contributed by atoms with Gasteiger partial charge in [-0.25, -0.2) is 0 Å². The van der Waals surface area contributed by atoms with Gasteiger partial charge in [0.2, 0.25) is 0 Å². The molecule has 0 atom stereocenters. The van der Waals surface area contributed by atoms with Gasteiger partial charge in [0.15, 0.2) is 0 Å². The third-order valence-electron chi connectivity index (χ3n) is 7.49. The van der Waals surface area contributed by atoms with Gasteiger partial charge in [0.25, 0.3) is 0 Å². The fourth-order valence-corrected chi connectivity index (χ4v) is 5.62. The zero-order valence-corrected chi connectivity index (χ0v) is 23.3. The number of furan rings is 2. The van der Waals surface area contributed by atoms with Gasteiger partial charge >= 0.3 is 0 Å². The molecule has 7 rings (SSSR count). The molecule has 42 heavy (non-hydrogen) atoms. The van der Waals surface area contributed by atoms with Crippen LogP contribution in [0.2, 0.25) is 0 Å². The highest BCUT2D eigenvalue weighted by Gasteiger charge is 2.23. The molecule has 0 unspecified atom stereocenters. The van der Waals surface area contributed by atoms with Crippen LogP contribution in [0.5, 0.6) is 11.5 Å². The minimum atomic E-state index is 0.374. The van der Waals surface area contributed by atoms with Crippen molar-refractivity contribution in [3.63, 3.8) is 0 Å². The first-order valence-electron chi connectivity index (χ1n) is 14.3. The van der Waals surface area contributed by atoms with Gasteiger partial charge in [-0.2, -0.15) is 0 Å². The Bertz CT molecular complexity index is 1680. The Labute approximate surface area is 242 Å². The van der Waals surface area contributed by atoms with Crippen molar-refractivity contribution in [3.8, 4) is 22.6 Å². The van der Waals surface area contributed by atoms with Gasteiger partial charge in [-0.3, -0.25) is 0 Å². The molecule has 0 N–H and O–H groups in total. The Morgan fingerprint density at radius 3 is 1.19 bits per heavy atom. The van der Waals surface area contributed by atoms with E-state index in [0.717, 1.165) is 66.1 Å². The van der Waals surface area contributed by atoms with Gasteiger partial charge in [0, 0.05) is 32.7 Å². The van der Waals surface area contributed by atoms with Crippen molar-refractivity contribution < 1.29 is 37.3 Å². The van der Waals surface area contributed by atoms with Crippen LogP contribution in [0.4, 0.5) is 0 Å². The van der Waals surface area contributed by atoms with Crippen molar-refractivity contribution in [3.05, 3.63) is 73.2 Å². The van der Waals surface area contributed by atoms with Gasteiger partial charge in [0.1, 0.15) is 35.9 Å². The van der Waals surface area contributed by atoms with Gasteiger partial charge < -0.3 is 37.3 Å². The molecular formula is C34H32O8. The highest BCUT2D eigenvalue weighted by molar-refractivity contribution is 6.22. The lowest BCUT2D eigenvalue weighted by Crippen LogP contribution is -2.15. The van der Waals surface area contributed by atoms with E-state index in [9.17, 15) is 0 Å². The van der Waals surface area contributed by atoms with Gasteiger partial charge in [-0.1, -0.05) is 24.3 Å². The average Bonchev–Trinajstić information content (AvgIpc) is 3.70. The summed E-state index contributed by atoms with van der Waals surface area (Å²) in [6.07, 6.45) is 3.45. The highest BCUT2D eigenvalue weighted by Crippen LogP contribution is 2.49. The first-order chi connectivity index (χ1) is 20.9. The van der Waals surface area contributed by atoms with Crippen LogP contribution in [0.3, 0.4) is 0 Å². The van der Waals surface area contributed by atoms with Crippen molar-refractivity contribution >= 4 is 43.5 Å². The number of rotatable bonds is 0. The minimum Gasteiger partial charge on any atom is -0.491 e. The largest absolute Gasteiger partial charge is 0.491 e. The number of hydrogen-bond donors (Lipinski definition) is 0. The van der Waals surface area contributed by atoms with Crippen LogP contribution in [-0.2, 0) is 18.9 Å². The lowest BCUT2D eigenvalue weighted by molar-refractivity contribution is -0.00704. The number of ether oxygens (including phenoxy) is 6. The summed E-state index contributed by atoms with van der Waals surface area (Å²) in [6, 6.07) is 20.4. The normalized spacial score (nSPS) is 16.6. The van der Waals surface area contributed by atoms with Crippen molar-refractivity contribution in [2.24, 2.45) is 0 Å². The Morgan fingerprint density at radius 2 is 0.762 bits per heavy atom. The summed E-state index contributed by atoms with van der Waals surface area (Å²) in [5.74, 6) is 1.47. The van der Waals surface area contributed by atoms with Crippen LogP contribution < -0.4 is 9.47 Å². The van der Waals surface area contributed by atoms with E-state index in [2.05, 4.69) is 24.3 Å². The molecule has 8 heteroatoms. The Balaban J connectivity index is 1.42. The van der Waals surface area contributed by atoms with Crippen molar-refractivity contribution in [2.75, 3.05) is 66.1 Å². The average molecular weight is 569 g/mol. The monoisotopic (exact) mass is 568 g/mol. The summed E-state index contributed by atoms with van der Waals surface area (Å²) >= 11 is 0. The minimum absolute atomic E-state index is 0.374. The molecule has 0 aliphatic carbocycles. The molecular weight excluding hydrogens is 536 g/mol. The van der Waals surface area contributed by atoms with Crippen molar-refractivity contribution in [2.45, 2.75) is 0 Å². The first kappa shape index (κ1) is 26.8. The standard InChI is InChI=1S/C34H32O8/c1-5-27-25(9-11-39-27)31-23(1)3-7-29-33(31)34-30(8-4-24-2-6-28-26(32(24)34)10-12-40-28)42-22-20-38-18-16-36-14-13-35-15-17-37-19-21-41-29/h1-12H,13-22H2. The zero-order valence-electron chi connectivity index (χ0n) is 23.3. The maximum absolute atomic E-state index is 6.48. The van der Waals surface area contributed by atoms with Crippen LogP contribution in [-0.4, -0.2) is 66.1 Å². The molecule has 2 aromatic heterocycles. The number of benzene rings is 4. The Hall–Kier alpha value is -4.08. The first-order valence-corrected chi connectivity index (χ1v) is 14.3. The fourth-order valence-electron chi connectivity index (χ4n) is 5.62. The van der Waals surface area contributed by atoms with E-state index in [1.807, 2.05) is 36.4 Å². The highest BCUT2D eigenvalue weighted by atomic mass is 16.6. The number of hydrogen-bond acceptors (Lipinski definition) is 8. The van der Waals surface area contributed by atoms with E-state index in [4.69, 9.17) is 37.3 Å². The van der Waals surface area contributed by atoms with Crippen LogP contribution in [0, 0.1) is 0 Å². The summed E-state index contributed by atoms with van der Waals surface area (Å²) in [7, 11) is 0. The molecule has 4 aromatic carbocycles. The second-order valence-electron chi connectivity index (χ2n) is 10.0. The molecule has 0 bridgehead atoms. The number of fused-ring (bicyclic) bond motifs is 11. The van der Waals surface area contributed by atoms with Crippen LogP contribution in [0.15, 0.2) is 82.0 Å². The van der Waals surface area contributed by atoms with Crippen LogP contribution in [0.25, 0.3) is 54.6 Å². The smallest absolute Gasteiger partial charge is 0.134 e. The Kier molecular flexibility index (Phi) is 7.93. The van der Waals surface area contributed by atoms with Crippen molar-refractivity contribution in [1.82, 2.24) is 0 Å². The third kappa shape index (κ3) is 5.30. The molecule has 216 valence electrons. The molecule has 0 saturated heterocycles. The molecule has 3 heterocycles. The summed E-state index contributed by atoms with van der Waals surface area (Å²) in [5.41, 5.74) is 3.47. The maximum Gasteiger partial charge on any atom is 0.134 e. The fraction of sp³-hybridized carbons (Fsp3) is 0.294. The molecule has 1 aliphatic rings. The summed E-state index contributed by atoms with van der Waals surface area (Å²) in [5, 5.41) is 6.20. The summed E-state index contributed by atoms with van der Waals surface area (Å²) in [4.78, 5) is 0. The van der Waals surface area contributed by atoms with E-state index in [1.54, 1.807) is 12.5 Å². The summed E-state index contributed by atoms with van der Waals surface area (Å²) < 4.78 is 47.4. The van der Waals surface area contributed by atoms with Crippen LogP contribution >= 0.6 is 0 Å². The summed E-state index contributed by atoms with van der Waals surface area (Å²) in [6.45, 7) is 4.58. The second-order valence-corrected chi connectivity index (χ2v) is 10.0. The van der Waals surface area contributed by atoms with Gasteiger partial charge in [0.05, 0.1) is 65.4 Å². The predicted molar refractivity (Wildman–Crippen MR) is 161 cm³/mol. The predicted octanol–water partition coefficient (Wildman–Crippen LogP) is 6.99. The van der Waals surface area contributed by atoms with Gasteiger partial charge in [-0.15, -0.1) is 0 Å². The van der Waals surface area contributed by atoms with E-state index < -0.39 is 0 Å². The molecule has 0 radical (unpaired) electrons. The molecule has 8 nitrogen and oxygen atoms in total. The topological polar surface area (TPSA) is 81.7 Å². The molecule has 0 saturated carbocycles. The van der Waals surface area contributed by atoms with Crippen LogP contribution in [0.1, 0.15) is 0 Å². The molecule has 1 aliphatic heterocycles. The lowest BCUT2D eigenvalue weighted by Gasteiger charge is -2.20. The third-order valence-corrected chi connectivity index (χ3v) is 7.49. The van der Waals surface area contributed by atoms with E-state index in [1.165, 1.54) is 0 Å². The van der Waals surface area contributed by atoms with E-state index in [-0.39, 0.29) is 0 Å². The van der Waals surface area contributed by atoms with Crippen molar-refractivity contribution in [1.29, 1.82) is 0 Å². The van der Waals surface area contributed by atoms with Gasteiger partial charge in [-0.05, 0) is 47.2 Å². The molecule has 0 spiro atoms. The quantitative estimate of drug-likeness (QED) is 0.194. The Morgan fingerprint density at radius 1 is 0.381 bits per heavy atom. The molecule has 0 amide bonds. The maximum atomic E-state index is 6.48. The lowest BCUT2D eigenvalue weighted by atomic mass is 9.89. The SMILES string of the molecule is c1cc2c(ccc3ccc4c(c32)-c2c(ccc3ccc5occc5c23)OCCOCCOCCOCCOCCO4)o1. The zero-order chi connectivity index (χ0) is 28.1. The van der Waals surface area contributed by atoms with E-state index in [0.29, 0.717) is 66.1 Å². The molecule has 6 aromatic rings. The second kappa shape index (κ2) is 12.4. The molecule has 0 fully saturated rings. The van der Waals surface area contributed by atoms with E-state index >= 15 is 0 Å².